The van der Waals surface area contributed by atoms with E-state index in [4.69, 9.17) is 14.2 Å². The van der Waals surface area contributed by atoms with Crippen molar-refractivity contribution in [1.82, 2.24) is 16.0 Å². The molecule has 1 saturated heterocycles. The summed E-state index contributed by atoms with van der Waals surface area (Å²) in [5, 5.41) is 8.08. The predicted octanol–water partition coefficient (Wildman–Crippen LogP) is 4.64. The minimum atomic E-state index is -2.64. The lowest BCUT2D eigenvalue weighted by molar-refractivity contribution is -0.120. The quantitative estimate of drug-likeness (QED) is 0.240. The normalized spacial score (nSPS) is 17.0. The third-order valence-electron chi connectivity index (χ3n) is 7.66. The van der Waals surface area contributed by atoms with Gasteiger partial charge in [0.25, 0.3) is 6.43 Å². The Morgan fingerprint density at radius 2 is 1.53 bits per heavy atom. The maximum Gasteiger partial charge on any atom is 0.407 e. The van der Waals surface area contributed by atoms with Crippen LogP contribution in [0.2, 0.25) is 0 Å². The molecule has 1 aliphatic rings. The predicted molar refractivity (Wildman–Crippen MR) is 164 cm³/mol. The molecule has 2 amide bonds. The number of ether oxygens (including phenoxy) is 3. The third-order valence-corrected chi connectivity index (χ3v) is 7.66. The van der Waals surface area contributed by atoms with Gasteiger partial charge in [-0.2, -0.15) is 0 Å². The fraction of sp³-hybridized carbons (Fsp3) is 0.382. The zero-order valence-corrected chi connectivity index (χ0v) is 25.1. The van der Waals surface area contributed by atoms with Gasteiger partial charge in [-0.15, -0.1) is 0 Å². The molecule has 3 N–H and O–H groups in total. The number of alkyl carbamates (subject to hydrolysis) is 2. The largest absolute Gasteiger partial charge is 0.453 e. The van der Waals surface area contributed by atoms with Gasteiger partial charge < -0.3 is 30.2 Å². The molecule has 0 radical (unpaired) electrons. The van der Waals surface area contributed by atoms with Crippen LogP contribution in [0, 0.1) is 0 Å². The number of ketones is 1. The highest BCUT2D eigenvalue weighted by atomic mass is 19.3. The summed E-state index contributed by atoms with van der Waals surface area (Å²) >= 11 is 0. The van der Waals surface area contributed by atoms with Gasteiger partial charge in [-0.05, 0) is 35.1 Å². The maximum atomic E-state index is 14.0. The molecular weight excluding hydrogens is 584 g/mol. The molecule has 45 heavy (non-hydrogen) atoms. The number of Topliss-reactive ketones (excluding diaryl/α,β-unsaturated/α-hetero) is 1. The van der Waals surface area contributed by atoms with E-state index < -0.39 is 37.1 Å². The summed E-state index contributed by atoms with van der Waals surface area (Å²) in [6.07, 6.45) is -2.88. The van der Waals surface area contributed by atoms with Gasteiger partial charge in [-0.1, -0.05) is 84.9 Å². The SMILES string of the molecule is COC(=O)N[C@H](C(=O)Cc1ccccc1CC[C@@H]1CN[C@H](COC(=O)NCC(F)F)CO1)C(c1ccccc1)c1ccccc1. The number of amides is 2. The summed E-state index contributed by atoms with van der Waals surface area (Å²) < 4.78 is 40.3. The highest BCUT2D eigenvalue weighted by molar-refractivity contribution is 5.91. The van der Waals surface area contributed by atoms with Crippen LogP contribution in [-0.2, 0) is 31.8 Å². The molecule has 0 aromatic heterocycles. The summed E-state index contributed by atoms with van der Waals surface area (Å²) in [6, 6.07) is 25.8. The van der Waals surface area contributed by atoms with E-state index in [1.54, 1.807) is 0 Å². The first kappa shape index (κ1) is 33.5. The van der Waals surface area contributed by atoms with E-state index in [9.17, 15) is 23.2 Å². The molecule has 0 saturated carbocycles. The van der Waals surface area contributed by atoms with Crippen LogP contribution in [0.15, 0.2) is 84.9 Å². The number of hydrogen-bond donors (Lipinski definition) is 3. The summed E-state index contributed by atoms with van der Waals surface area (Å²) in [5.74, 6) is -0.582. The van der Waals surface area contributed by atoms with E-state index in [-0.39, 0.29) is 31.0 Å². The molecule has 0 bridgehead atoms. The topological polar surface area (TPSA) is 115 Å². The van der Waals surface area contributed by atoms with E-state index in [0.29, 0.717) is 26.0 Å². The molecule has 0 spiro atoms. The molecule has 1 aliphatic heterocycles. The molecule has 1 heterocycles. The number of aryl methyl sites for hydroxylation is 1. The average molecular weight is 624 g/mol. The Morgan fingerprint density at radius 3 is 2.11 bits per heavy atom. The van der Waals surface area contributed by atoms with Crippen molar-refractivity contribution >= 4 is 18.0 Å². The van der Waals surface area contributed by atoms with Gasteiger partial charge in [0.1, 0.15) is 12.6 Å². The van der Waals surface area contributed by atoms with Gasteiger partial charge >= 0.3 is 12.2 Å². The molecule has 9 nitrogen and oxygen atoms in total. The smallest absolute Gasteiger partial charge is 0.407 e. The molecule has 0 unspecified atom stereocenters. The summed E-state index contributed by atoms with van der Waals surface area (Å²) in [7, 11) is 1.28. The van der Waals surface area contributed by atoms with Crippen molar-refractivity contribution < 1.29 is 37.4 Å². The van der Waals surface area contributed by atoms with Crippen LogP contribution in [0.4, 0.5) is 18.4 Å². The summed E-state index contributed by atoms with van der Waals surface area (Å²) in [4.78, 5) is 38.1. The van der Waals surface area contributed by atoms with E-state index >= 15 is 0 Å². The van der Waals surface area contributed by atoms with Crippen molar-refractivity contribution in [3.05, 3.63) is 107 Å². The molecule has 240 valence electrons. The highest BCUT2D eigenvalue weighted by Gasteiger charge is 2.33. The molecule has 0 aliphatic carbocycles. The molecular formula is C34H39F2N3O6. The number of carbonyl (C=O) groups excluding carboxylic acids is 3. The van der Waals surface area contributed by atoms with Crippen molar-refractivity contribution in [1.29, 1.82) is 0 Å². The second kappa shape index (κ2) is 17.2. The number of rotatable bonds is 14. The number of hydrogen-bond acceptors (Lipinski definition) is 7. The summed E-state index contributed by atoms with van der Waals surface area (Å²) in [6.45, 7) is 0.0645. The molecule has 3 atom stereocenters. The van der Waals surface area contributed by atoms with E-state index in [2.05, 4.69) is 10.6 Å². The van der Waals surface area contributed by atoms with Gasteiger partial charge in [0.15, 0.2) is 5.78 Å². The van der Waals surface area contributed by atoms with Crippen LogP contribution in [0.25, 0.3) is 0 Å². The lowest BCUT2D eigenvalue weighted by Crippen LogP contribution is -2.49. The number of carbonyl (C=O) groups is 3. The number of halogens is 2. The monoisotopic (exact) mass is 623 g/mol. The lowest BCUT2D eigenvalue weighted by Gasteiger charge is -2.30. The Kier molecular flexibility index (Phi) is 12.8. The zero-order valence-electron chi connectivity index (χ0n) is 25.1. The molecule has 3 aromatic carbocycles. The Morgan fingerprint density at radius 1 is 0.911 bits per heavy atom. The molecule has 3 aromatic rings. The second-order valence-electron chi connectivity index (χ2n) is 10.8. The van der Waals surface area contributed by atoms with Gasteiger partial charge in [0.2, 0.25) is 0 Å². The van der Waals surface area contributed by atoms with Crippen LogP contribution in [0.5, 0.6) is 0 Å². The Balaban J connectivity index is 1.39. The van der Waals surface area contributed by atoms with Crippen LogP contribution < -0.4 is 16.0 Å². The number of alkyl halides is 2. The minimum Gasteiger partial charge on any atom is -0.453 e. The van der Waals surface area contributed by atoms with Gasteiger partial charge in [-0.25, -0.2) is 18.4 Å². The van der Waals surface area contributed by atoms with Crippen molar-refractivity contribution in [2.45, 2.75) is 49.8 Å². The van der Waals surface area contributed by atoms with Crippen molar-refractivity contribution in [2.75, 3.05) is 33.4 Å². The first-order chi connectivity index (χ1) is 21.8. The van der Waals surface area contributed by atoms with Crippen LogP contribution in [0.1, 0.15) is 34.6 Å². The number of benzene rings is 3. The highest BCUT2D eigenvalue weighted by Crippen LogP contribution is 2.30. The molecule has 1 fully saturated rings. The second-order valence-corrected chi connectivity index (χ2v) is 10.8. The van der Waals surface area contributed by atoms with E-state index in [1.165, 1.54) is 7.11 Å². The van der Waals surface area contributed by atoms with Gasteiger partial charge in [0.05, 0.1) is 32.4 Å². The number of nitrogens with one attached hydrogen (secondary N) is 3. The Bertz CT molecular complexity index is 1330. The maximum absolute atomic E-state index is 14.0. The van der Waals surface area contributed by atoms with E-state index in [1.807, 2.05) is 90.2 Å². The van der Waals surface area contributed by atoms with Crippen molar-refractivity contribution in [2.24, 2.45) is 0 Å². The number of morpholine rings is 1. The first-order valence-electron chi connectivity index (χ1n) is 14.9. The minimum absolute atomic E-state index is 0.000466. The van der Waals surface area contributed by atoms with Crippen LogP contribution >= 0.6 is 0 Å². The fourth-order valence-electron chi connectivity index (χ4n) is 5.37. The van der Waals surface area contributed by atoms with Crippen LogP contribution in [-0.4, -0.2) is 76.0 Å². The fourth-order valence-corrected chi connectivity index (χ4v) is 5.37. The lowest BCUT2D eigenvalue weighted by atomic mass is 9.81. The third kappa shape index (κ3) is 10.4. The number of methoxy groups -OCH3 is 1. The average Bonchev–Trinajstić information content (AvgIpc) is 3.07. The standard InChI is InChI=1S/C34H39F2N3O6/c1-43-34(42)39-32(31(24-11-4-2-5-12-24)25-13-6-3-7-14-25)29(40)18-26-15-9-8-10-23(26)16-17-28-19-37-27(21-44-28)22-45-33(41)38-20-30(35)36/h2-15,27-28,30-32,37H,16-22H2,1H3,(H,38,41)(H,39,42)/t27-,28+,32+/m0/s1. The van der Waals surface area contributed by atoms with Crippen molar-refractivity contribution in [3.8, 4) is 0 Å². The first-order valence-corrected chi connectivity index (χ1v) is 14.9. The molecule has 4 rings (SSSR count). The van der Waals surface area contributed by atoms with E-state index in [0.717, 1.165) is 22.3 Å². The Labute approximate surface area is 261 Å². The van der Waals surface area contributed by atoms with Gasteiger partial charge in [0, 0.05) is 18.9 Å². The molecule has 11 heteroatoms. The van der Waals surface area contributed by atoms with Crippen molar-refractivity contribution in [3.63, 3.8) is 0 Å². The van der Waals surface area contributed by atoms with Gasteiger partial charge in [-0.3, -0.25) is 4.79 Å². The zero-order chi connectivity index (χ0) is 32.0. The Hall–Kier alpha value is -4.35. The van der Waals surface area contributed by atoms with Crippen LogP contribution in [0.3, 0.4) is 0 Å². The summed E-state index contributed by atoms with van der Waals surface area (Å²) in [5.41, 5.74) is 3.66.